The third kappa shape index (κ3) is 4.02. The molecule has 2 heterocycles. The van der Waals surface area contributed by atoms with Crippen molar-refractivity contribution in [1.82, 2.24) is 9.88 Å². The average molecular weight is 433 g/mol. The quantitative estimate of drug-likeness (QED) is 0.619. The standard InChI is InChI=1S/C21H21ClN2O4S/c1-13-3-5-16(29(2,26)27)12-17(13)21(25)24-9-7-14(8-10-24)20-23-18-11-15(22)4-6-19(18)28-20/h3-6,11-12,14H,7-10H2,1-2H3. The Kier molecular flexibility index (Phi) is 5.12. The molecule has 1 aromatic heterocycles. The molecule has 1 saturated heterocycles. The van der Waals surface area contributed by atoms with Crippen molar-refractivity contribution in [2.75, 3.05) is 19.3 Å². The van der Waals surface area contributed by atoms with Crippen LogP contribution in [0.25, 0.3) is 11.1 Å². The largest absolute Gasteiger partial charge is 0.440 e. The Morgan fingerprint density at radius 1 is 1.17 bits per heavy atom. The molecule has 1 fully saturated rings. The lowest BCUT2D eigenvalue weighted by molar-refractivity contribution is 0.0705. The molecule has 0 aliphatic carbocycles. The van der Waals surface area contributed by atoms with E-state index in [1.807, 2.05) is 13.0 Å². The fourth-order valence-electron chi connectivity index (χ4n) is 3.66. The number of amides is 1. The number of nitrogens with zero attached hydrogens (tertiary/aromatic N) is 2. The minimum Gasteiger partial charge on any atom is -0.440 e. The molecule has 6 nitrogen and oxygen atoms in total. The summed E-state index contributed by atoms with van der Waals surface area (Å²) < 4.78 is 29.6. The maximum atomic E-state index is 13.0. The minimum atomic E-state index is -3.37. The van der Waals surface area contributed by atoms with Crippen molar-refractivity contribution < 1.29 is 17.6 Å². The van der Waals surface area contributed by atoms with Gasteiger partial charge in [0.15, 0.2) is 21.3 Å². The predicted octanol–water partition coefficient (Wildman–Crippen LogP) is 4.21. The van der Waals surface area contributed by atoms with Gasteiger partial charge in [-0.2, -0.15) is 0 Å². The summed E-state index contributed by atoms with van der Waals surface area (Å²) in [6.07, 6.45) is 2.61. The van der Waals surface area contributed by atoms with Crippen LogP contribution in [-0.4, -0.2) is 43.6 Å². The highest BCUT2D eigenvalue weighted by molar-refractivity contribution is 7.90. The van der Waals surface area contributed by atoms with Gasteiger partial charge >= 0.3 is 0 Å². The number of hydrogen-bond donors (Lipinski definition) is 0. The number of oxazole rings is 1. The lowest BCUT2D eigenvalue weighted by Crippen LogP contribution is -2.38. The van der Waals surface area contributed by atoms with Crippen LogP contribution in [0.3, 0.4) is 0 Å². The predicted molar refractivity (Wildman–Crippen MR) is 111 cm³/mol. The average Bonchev–Trinajstić information content (AvgIpc) is 3.10. The van der Waals surface area contributed by atoms with Crippen molar-refractivity contribution in [1.29, 1.82) is 0 Å². The van der Waals surface area contributed by atoms with E-state index < -0.39 is 9.84 Å². The molecule has 3 aromatic rings. The summed E-state index contributed by atoms with van der Waals surface area (Å²) in [5.74, 6) is 0.661. The first kappa shape index (κ1) is 19.9. The van der Waals surface area contributed by atoms with Crippen molar-refractivity contribution in [2.24, 2.45) is 0 Å². The number of halogens is 1. The molecule has 0 N–H and O–H groups in total. The summed E-state index contributed by atoms with van der Waals surface area (Å²) in [4.78, 5) is 19.5. The molecule has 0 atom stereocenters. The number of fused-ring (bicyclic) bond motifs is 1. The van der Waals surface area contributed by atoms with E-state index in [1.165, 1.54) is 12.1 Å². The van der Waals surface area contributed by atoms with E-state index in [0.29, 0.717) is 35.1 Å². The zero-order valence-corrected chi connectivity index (χ0v) is 17.8. The van der Waals surface area contributed by atoms with Gasteiger partial charge in [-0.15, -0.1) is 0 Å². The van der Waals surface area contributed by atoms with Gasteiger partial charge < -0.3 is 9.32 Å². The highest BCUT2D eigenvalue weighted by Gasteiger charge is 2.28. The normalized spacial score (nSPS) is 15.8. The third-order valence-electron chi connectivity index (χ3n) is 5.37. The summed E-state index contributed by atoms with van der Waals surface area (Å²) >= 11 is 6.01. The van der Waals surface area contributed by atoms with Crippen LogP contribution >= 0.6 is 11.6 Å². The molecule has 152 valence electrons. The number of aryl methyl sites for hydroxylation is 1. The number of piperidine rings is 1. The van der Waals surface area contributed by atoms with Crippen LogP contribution in [0.4, 0.5) is 0 Å². The number of aromatic nitrogens is 1. The summed E-state index contributed by atoms with van der Waals surface area (Å²) in [5, 5.41) is 0.615. The van der Waals surface area contributed by atoms with Gasteiger partial charge in [-0.1, -0.05) is 17.7 Å². The number of sulfone groups is 1. The molecule has 1 aliphatic heterocycles. The molecule has 0 radical (unpaired) electrons. The van der Waals surface area contributed by atoms with Gasteiger partial charge in [-0.05, 0) is 55.7 Å². The lowest BCUT2D eigenvalue weighted by atomic mass is 9.96. The van der Waals surface area contributed by atoms with E-state index in [2.05, 4.69) is 4.98 Å². The van der Waals surface area contributed by atoms with Crippen LogP contribution in [0, 0.1) is 6.92 Å². The highest BCUT2D eigenvalue weighted by Crippen LogP contribution is 2.31. The maximum absolute atomic E-state index is 13.0. The van der Waals surface area contributed by atoms with Gasteiger partial charge in [0, 0.05) is 35.8 Å². The molecular formula is C21H21ClN2O4S. The Balaban J connectivity index is 1.50. The Morgan fingerprint density at radius 3 is 2.59 bits per heavy atom. The van der Waals surface area contributed by atoms with E-state index in [0.717, 1.165) is 30.2 Å². The molecule has 0 bridgehead atoms. The van der Waals surface area contributed by atoms with Gasteiger partial charge in [0.2, 0.25) is 0 Å². The minimum absolute atomic E-state index is 0.133. The van der Waals surface area contributed by atoms with Gasteiger partial charge in [-0.3, -0.25) is 4.79 Å². The summed E-state index contributed by atoms with van der Waals surface area (Å²) in [5.41, 5.74) is 2.64. The van der Waals surface area contributed by atoms with E-state index in [-0.39, 0.29) is 16.7 Å². The molecule has 4 rings (SSSR count). The molecule has 2 aromatic carbocycles. The zero-order valence-electron chi connectivity index (χ0n) is 16.2. The second-order valence-electron chi connectivity index (χ2n) is 7.48. The highest BCUT2D eigenvalue weighted by atomic mass is 35.5. The first-order valence-corrected chi connectivity index (χ1v) is 11.7. The Hall–Kier alpha value is -2.38. The number of carbonyl (C=O) groups is 1. The molecule has 29 heavy (non-hydrogen) atoms. The number of benzene rings is 2. The third-order valence-corrected chi connectivity index (χ3v) is 6.71. The Labute approximate surface area is 174 Å². The number of hydrogen-bond acceptors (Lipinski definition) is 5. The molecule has 8 heteroatoms. The van der Waals surface area contributed by atoms with Crippen LogP contribution in [0.5, 0.6) is 0 Å². The van der Waals surface area contributed by atoms with E-state index >= 15 is 0 Å². The Morgan fingerprint density at radius 2 is 1.90 bits per heavy atom. The molecule has 1 amide bonds. The number of carbonyl (C=O) groups excluding carboxylic acids is 1. The fraction of sp³-hybridized carbons (Fsp3) is 0.333. The molecule has 1 aliphatic rings. The van der Waals surface area contributed by atoms with Crippen molar-refractivity contribution in [2.45, 2.75) is 30.6 Å². The van der Waals surface area contributed by atoms with Crippen LogP contribution in [0.15, 0.2) is 45.7 Å². The maximum Gasteiger partial charge on any atom is 0.254 e. The number of rotatable bonds is 3. The summed E-state index contributed by atoms with van der Waals surface area (Å²) in [6, 6.07) is 10.0. The van der Waals surface area contributed by atoms with E-state index in [9.17, 15) is 13.2 Å². The van der Waals surface area contributed by atoms with Crippen LogP contribution in [0.2, 0.25) is 5.02 Å². The van der Waals surface area contributed by atoms with Gasteiger partial charge in [0.25, 0.3) is 5.91 Å². The first-order valence-electron chi connectivity index (χ1n) is 9.38. The van der Waals surface area contributed by atoms with Gasteiger partial charge in [-0.25, -0.2) is 13.4 Å². The lowest BCUT2D eigenvalue weighted by Gasteiger charge is -2.31. The van der Waals surface area contributed by atoms with Crippen molar-refractivity contribution in [3.8, 4) is 0 Å². The first-order chi connectivity index (χ1) is 13.7. The second-order valence-corrected chi connectivity index (χ2v) is 9.93. The van der Waals surface area contributed by atoms with Crippen molar-refractivity contribution >= 4 is 38.4 Å². The monoisotopic (exact) mass is 432 g/mol. The van der Waals surface area contributed by atoms with Crippen LogP contribution in [0.1, 0.15) is 40.6 Å². The smallest absolute Gasteiger partial charge is 0.254 e. The summed E-state index contributed by atoms with van der Waals surface area (Å²) in [7, 11) is -3.37. The molecule has 0 unspecified atom stereocenters. The zero-order chi connectivity index (χ0) is 20.8. The fourth-order valence-corrected chi connectivity index (χ4v) is 4.47. The van der Waals surface area contributed by atoms with Gasteiger partial charge in [0.05, 0.1) is 4.90 Å². The Bertz CT molecular complexity index is 1190. The van der Waals surface area contributed by atoms with E-state index in [4.69, 9.17) is 16.0 Å². The molecular weight excluding hydrogens is 412 g/mol. The van der Waals surface area contributed by atoms with Crippen molar-refractivity contribution in [3.05, 3.63) is 58.4 Å². The molecule has 0 spiro atoms. The van der Waals surface area contributed by atoms with E-state index in [1.54, 1.807) is 23.1 Å². The SMILES string of the molecule is Cc1ccc(S(C)(=O)=O)cc1C(=O)N1CCC(c2nc3cc(Cl)ccc3o2)CC1. The second kappa shape index (κ2) is 7.46. The van der Waals surface area contributed by atoms with Crippen LogP contribution in [-0.2, 0) is 9.84 Å². The summed E-state index contributed by atoms with van der Waals surface area (Å²) in [6.45, 7) is 2.94. The number of likely N-dealkylation sites (tertiary alicyclic amines) is 1. The van der Waals surface area contributed by atoms with Crippen LogP contribution < -0.4 is 0 Å². The van der Waals surface area contributed by atoms with Gasteiger partial charge in [0.1, 0.15) is 5.52 Å². The topological polar surface area (TPSA) is 80.5 Å². The van der Waals surface area contributed by atoms with Crippen molar-refractivity contribution in [3.63, 3.8) is 0 Å². The molecule has 0 saturated carbocycles.